The number of benzene rings is 3. The SMILES string of the molecule is CC(C)(C)Cc1cccc2c1[te]c1c(-c3[c-]c4ccccc4c(C(C)(C)C)c3)nccc12.CCC(CC)C(=O)/C=C(\O)C(CC)CC.[Ir]. The molecule has 0 saturated carbocycles. The molecule has 2 aromatic heterocycles. The third kappa shape index (κ3) is 9.48. The molecule has 48 heavy (non-hydrogen) atoms. The topological polar surface area (TPSA) is 50.2 Å². The molecule has 5 aromatic rings. The number of hydrogen-bond donors (Lipinski definition) is 1. The van der Waals surface area contributed by atoms with Crippen LogP contribution in [0.3, 0.4) is 0 Å². The second kappa shape index (κ2) is 17.1. The van der Waals surface area contributed by atoms with Crippen molar-refractivity contribution in [2.75, 3.05) is 0 Å². The van der Waals surface area contributed by atoms with Crippen molar-refractivity contribution in [1.29, 1.82) is 0 Å². The van der Waals surface area contributed by atoms with Crippen LogP contribution in [0, 0.1) is 23.3 Å². The summed E-state index contributed by atoms with van der Waals surface area (Å²) < 4.78 is 3.08. The number of pyridine rings is 1. The zero-order valence-electron chi connectivity index (χ0n) is 30.6. The molecule has 0 fully saturated rings. The number of aromatic nitrogens is 1. The van der Waals surface area contributed by atoms with Gasteiger partial charge in [-0.2, -0.15) is 0 Å². The minimum Gasteiger partial charge on any atom is -0.512 e. The normalized spacial score (nSPS) is 12.5. The van der Waals surface area contributed by atoms with Crippen LogP contribution in [0.4, 0.5) is 0 Å². The monoisotopic (exact) mass is 939 g/mol. The zero-order chi connectivity index (χ0) is 34.5. The van der Waals surface area contributed by atoms with Crippen LogP contribution in [-0.2, 0) is 36.7 Å². The van der Waals surface area contributed by atoms with E-state index in [1.807, 2.05) is 33.9 Å². The van der Waals surface area contributed by atoms with Crippen LogP contribution in [0.15, 0.2) is 72.6 Å². The smallest absolute Gasteiger partial charge is 0.162 e. The van der Waals surface area contributed by atoms with Crippen LogP contribution in [0.2, 0.25) is 0 Å². The maximum Gasteiger partial charge on any atom is 0.162 e. The third-order valence-electron chi connectivity index (χ3n) is 9.14. The maximum absolute atomic E-state index is 11.7. The minimum atomic E-state index is -0.511. The number of carbonyl (C=O) groups excluding carboxylic acids is 1. The van der Waals surface area contributed by atoms with E-state index in [4.69, 9.17) is 4.98 Å². The van der Waals surface area contributed by atoms with Gasteiger partial charge in [-0.3, -0.25) is 4.79 Å². The zero-order valence-corrected chi connectivity index (χ0v) is 35.3. The van der Waals surface area contributed by atoms with Gasteiger partial charge in [0.15, 0.2) is 5.78 Å². The standard InChI is InChI=1S/C30H30NTe.C13H24O2.Ir/c1-29(2,3)18-20-11-9-13-23-24-14-15-31-26(28(24)32-27(20)23)21-16-19-10-7-8-12-22(19)25(17-21)30(4,5)6;1-5-10(6-2)12(14)9-13(15)11(7-3)8-4;/h7-15,17H,18H2,1-6H3;9-11,14H,5-8H2,1-4H3;/q-1;;/b;12-9-;. The molecule has 1 N–H and O–H groups in total. The molecule has 2 heterocycles. The second-order valence-electron chi connectivity index (χ2n) is 15.1. The summed E-state index contributed by atoms with van der Waals surface area (Å²) in [5, 5.41) is 15.1. The minimum absolute atomic E-state index is 0. The van der Waals surface area contributed by atoms with Gasteiger partial charge >= 0.3 is 202 Å². The molecule has 0 atom stereocenters. The summed E-state index contributed by atoms with van der Waals surface area (Å²) in [6.07, 6.45) is 8.02. The molecular weight excluding hydrogens is 882 g/mol. The first-order valence-electron chi connectivity index (χ1n) is 17.4. The Morgan fingerprint density at radius 3 is 2.04 bits per heavy atom. The molecular formula is C43H54IrNO2Te-. The Kier molecular flexibility index (Phi) is 14.3. The maximum atomic E-state index is 11.7. The molecule has 3 aromatic carbocycles. The van der Waals surface area contributed by atoms with Crippen LogP contribution in [0.25, 0.3) is 39.6 Å². The van der Waals surface area contributed by atoms with E-state index in [-0.39, 0.29) is 54.3 Å². The Hall–Kier alpha value is -2.28. The van der Waals surface area contributed by atoms with Crippen LogP contribution in [0.1, 0.15) is 106 Å². The molecule has 0 bridgehead atoms. The molecule has 259 valence electrons. The van der Waals surface area contributed by atoms with E-state index in [1.54, 1.807) is 3.40 Å². The Balaban J connectivity index is 0.000000334. The first-order valence-corrected chi connectivity index (χ1v) is 19.7. The van der Waals surface area contributed by atoms with E-state index in [2.05, 4.69) is 102 Å². The summed E-state index contributed by atoms with van der Waals surface area (Å²) in [5.41, 5.74) is 5.51. The fraction of sp³-hybridized carbons (Fsp3) is 0.442. The first-order chi connectivity index (χ1) is 22.2. The fourth-order valence-electron chi connectivity index (χ4n) is 6.44. The van der Waals surface area contributed by atoms with Crippen LogP contribution in [0.5, 0.6) is 0 Å². The molecule has 0 aliphatic heterocycles. The number of fused-ring (bicyclic) bond motifs is 4. The second-order valence-corrected chi connectivity index (χ2v) is 18.0. The molecule has 5 rings (SSSR count). The average molecular weight is 937 g/mol. The summed E-state index contributed by atoms with van der Waals surface area (Å²) >= 11 is -0.511. The number of aliphatic hydroxyl groups excluding tert-OH is 1. The first kappa shape index (κ1) is 40.2. The van der Waals surface area contributed by atoms with Gasteiger partial charge in [-0.15, -0.1) is 0 Å². The van der Waals surface area contributed by atoms with Crippen LogP contribution < -0.4 is 0 Å². The Labute approximate surface area is 312 Å². The molecule has 0 amide bonds. The van der Waals surface area contributed by atoms with E-state index in [0.29, 0.717) is 0 Å². The van der Waals surface area contributed by atoms with Crippen molar-refractivity contribution in [2.24, 2.45) is 17.3 Å². The Morgan fingerprint density at radius 2 is 1.44 bits per heavy atom. The molecule has 1 radical (unpaired) electrons. The molecule has 0 saturated heterocycles. The summed E-state index contributed by atoms with van der Waals surface area (Å²) in [6, 6.07) is 23.8. The van der Waals surface area contributed by atoms with Crippen LogP contribution in [-0.4, -0.2) is 36.3 Å². The summed E-state index contributed by atoms with van der Waals surface area (Å²) in [5.74, 6) is 0.547. The van der Waals surface area contributed by atoms with E-state index in [1.165, 1.54) is 42.1 Å². The average Bonchev–Trinajstić information content (AvgIpc) is 3.41. The largest absolute Gasteiger partial charge is 0.512 e. The number of aliphatic hydroxyl groups is 1. The Morgan fingerprint density at radius 1 is 0.833 bits per heavy atom. The predicted molar refractivity (Wildman–Crippen MR) is 204 cm³/mol. The van der Waals surface area contributed by atoms with Gasteiger partial charge in [0.2, 0.25) is 0 Å². The van der Waals surface area contributed by atoms with Gasteiger partial charge in [0.25, 0.3) is 0 Å². The number of hydrogen-bond acceptors (Lipinski definition) is 3. The van der Waals surface area contributed by atoms with E-state index < -0.39 is 20.4 Å². The van der Waals surface area contributed by atoms with Crippen molar-refractivity contribution in [3.05, 3.63) is 89.8 Å². The van der Waals surface area contributed by atoms with Gasteiger partial charge in [-0.1, -0.05) is 27.7 Å². The van der Waals surface area contributed by atoms with Gasteiger partial charge < -0.3 is 5.11 Å². The molecule has 5 heteroatoms. The van der Waals surface area contributed by atoms with Crippen LogP contribution >= 0.6 is 0 Å². The third-order valence-corrected chi connectivity index (χ3v) is 12.9. The van der Waals surface area contributed by atoms with Gasteiger partial charge in [-0.05, 0) is 25.7 Å². The predicted octanol–water partition coefficient (Wildman–Crippen LogP) is 11.8. The van der Waals surface area contributed by atoms with Crippen molar-refractivity contribution < 1.29 is 30.0 Å². The van der Waals surface area contributed by atoms with E-state index >= 15 is 0 Å². The quantitative estimate of drug-likeness (QED) is 0.0693. The van der Waals surface area contributed by atoms with Gasteiger partial charge in [0.05, 0.1) is 5.76 Å². The number of allylic oxidation sites excluding steroid dienone is 2. The molecule has 0 spiro atoms. The molecule has 0 unspecified atom stereocenters. The number of nitrogens with zero attached hydrogens (tertiary/aromatic N) is 1. The number of rotatable bonds is 9. The molecule has 0 aliphatic rings. The van der Waals surface area contributed by atoms with Crippen molar-refractivity contribution in [1.82, 2.24) is 4.98 Å². The Bertz CT molecular complexity index is 1860. The van der Waals surface area contributed by atoms with E-state index in [9.17, 15) is 9.90 Å². The van der Waals surface area contributed by atoms with Crippen molar-refractivity contribution in [3.8, 4) is 11.3 Å². The summed E-state index contributed by atoms with van der Waals surface area (Å²) in [7, 11) is 0. The van der Waals surface area contributed by atoms with Gasteiger partial charge in [0.1, 0.15) is 0 Å². The van der Waals surface area contributed by atoms with Gasteiger partial charge in [0, 0.05) is 38.0 Å². The van der Waals surface area contributed by atoms with Gasteiger partial charge in [-0.25, -0.2) is 0 Å². The number of carbonyl (C=O) groups is 1. The van der Waals surface area contributed by atoms with E-state index in [0.717, 1.165) is 43.4 Å². The number of ketones is 1. The fourth-order valence-corrected chi connectivity index (χ4v) is 10.2. The molecule has 3 nitrogen and oxygen atoms in total. The summed E-state index contributed by atoms with van der Waals surface area (Å²) in [6.45, 7) is 22.0. The van der Waals surface area contributed by atoms with Crippen molar-refractivity contribution >= 4 is 54.6 Å². The van der Waals surface area contributed by atoms with Crippen molar-refractivity contribution in [2.45, 2.75) is 107 Å². The summed E-state index contributed by atoms with van der Waals surface area (Å²) in [4.78, 5) is 16.7. The van der Waals surface area contributed by atoms with Crippen molar-refractivity contribution in [3.63, 3.8) is 0 Å². The molecule has 0 aliphatic carbocycles.